The summed E-state index contributed by atoms with van der Waals surface area (Å²) >= 11 is 5.93. The molecule has 0 aliphatic carbocycles. The van der Waals surface area contributed by atoms with E-state index in [1.807, 2.05) is 18.2 Å². The molecule has 1 heterocycles. The molecule has 0 saturated heterocycles. The summed E-state index contributed by atoms with van der Waals surface area (Å²) in [6.45, 7) is 0.00938. The zero-order valence-electron chi connectivity index (χ0n) is 6.87. The van der Waals surface area contributed by atoms with E-state index < -0.39 is 0 Å². The number of hydrogen-bond acceptors (Lipinski definition) is 2. The van der Waals surface area contributed by atoms with Gasteiger partial charge in [0, 0.05) is 11.6 Å². The first kappa shape index (κ1) is 8.48. The van der Waals surface area contributed by atoms with Gasteiger partial charge in [-0.1, -0.05) is 23.7 Å². The number of nitrogens with zero attached hydrogens (tertiary/aromatic N) is 1. The molecular formula is C10H8ClNO. The second-order valence-corrected chi connectivity index (χ2v) is 3.22. The van der Waals surface area contributed by atoms with E-state index in [4.69, 9.17) is 16.7 Å². The van der Waals surface area contributed by atoms with Crippen LogP contribution in [0.25, 0.3) is 10.9 Å². The van der Waals surface area contributed by atoms with Crippen LogP contribution in [0.15, 0.2) is 30.5 Å². The Kier molecular flexibility index (Phi) is 2.17. The summed E-state index contributed by atoms with van der Waals surface area (Å²) < 4.78 is 0. The lowest BCUT2D eigenvalue weighted by Gasteiger charge is -2.00. The monoisotopic (exact) mass is 193 g/mol. The minimum atomic E-state index is 0.00938. The van der Waals surface area contributed by atoms with Crippen LogP contribution in [0.4, 0.5) is 0 Å². The van der Waals surface area contributed by atoms with E-state index in [1.54, 1.807) is 12.3 Å². The van der Waals surface area contributed by atoms with Gasteiger partial charge in [0.15, 0.2) is 0 Å². The maximum atomic E-state index is 8.89. The fraction of sp³-hybridized carbons (Fsp3) is 0.100. The van der Waals surface area contributed by atoms with Crippen molar-refractivity contribution in [2.45, 2.75) is 6.61 Å². The molecule has 13 heavy (non-hydrogen) atoms. The van der Waals surface area contributed by atoms with E-state index in [9.17, 15) is 0 Å². The van der Waals surface area contributed by atoms with Crippen LogP contribution in [0.3, 0.4) is 0 Å². The number of benzene rings is 1. The standard InChI is InChI=1S/C10H8ClNO/c11-9-3-1-2-8-4-7(6-13)5-12-10(8)9/h1-5,13H,6H2. The summed E-state index contributed by atoms with van der Waals surface area (Å²) in [6, 6.07) is 7.48. The largest absolute Gasteiger partial charge is 0.392 e. The molecule has 0 spiro atoms. The Labute approximate surface area is 80.8 Å². The Morgan fingerprint density at radius 1 is 1.38 bits per heavy atom. The molecule has 66 valence electrons. The van der Waals surface area contributed by atoms with Crippen molar-refractivity contribution in [1.29, 1.82) is 0 Å². The Bertz CT molecular complexity index is 442. The van der Waals surface area contributed by atoms with Gasteiger partial charge < -0.3 is 5.11 Å². The molecule has 2 rings (SSSR count). The van der Waals surface area contributed by atoms with Crippen LogP contribution >= 0.6 is 11.6 Å². The Morgan fingerprint density at radius 2 is 2.23 bits per heavy atom. The van der Waals surface area contributed by atoms with E-state index in [0.29, 0.717) is 5.02 Å². The summed E-state index contributed by atoms with van der Waals surface area (Å²) in [7, 11) is 0. The number of halogens is 1. The van der Waals surface area contributed by atoms with Gasteiger partial charge in [0.1, 0.15) is 0 Å². The average molecular weight is 194 g/mol. The smallest absolute Gasteiger partial charge is 0.0888 e. The third kappa shape index (κ3) is 1.50. The number of aromatic nitrogens is 1. The second kappa shape index (κ2) is 3.32. The number of pyridine rings is 1. The number of aliphatic hydroxyl groups is 1. The molecule has 0 saturated carbocycles. The van der Waals surface area contributed by atoms with Gasteiger partial charge in [-0.25, -0.2) is 0 Å². The molecule has 0 atom stereocenters. The lowest BCUT2D eigenvalue weighted by Crippen LogP contribution is -1.86. The molecule has 0 amide bonds. The highest BCUT2D eigenvalue weighted by atomic mass is 35.5. The highest BCUT2D eigenvalue weighted by Crippen LogP contribution is 2.21. The van der Waals surface area contributed by atoms with E-state index in [0.717, 1.165) is 16.5 Å². The third-order valence-electron chi connectivity index (χ3n) is 1.90. The van der Waals surface area contributed by atoms with E-state index in [-0.39, 0.29) is 6.61 Å². The maximum absolute atomic E-state index is 8.89. The molecule has 0 aliphatic rings. The Morgan fingerprint density at radius 3 is 3.00 bits per heavy atom. The molecule has 0 fully saturated rings. The number of aliphatic hydroxyl groups excluding tert-OH is 1. The van der Waals surface area contributed by atoms with Gasteiger partial charge in [0.25, 0.3) is 0 Å². The highest BCUT2D eigenvalue weighted by Gasteiger charge is 1.99. The van der Waals surface area contributed by atoms with Crippen LogP contribution < -0.4 is 0 Å². The maximum Gasteiger partial charge on any atom is 0.0888 e. The van der Waals surface area contributed by atoms with Gasteiger partial charge in [0.05, 0.1) is 17.1 Å². The Hall–Kier alpha value is -1.12. The van der Waals surface area contributed by atoms with Crippen LogP contribution in [-0.2, 0) is 6.61 Å². The lowest BCUT2D eigenvalue weighted by atomic mass is 10.2. The molecular weight excluding hydrogens is 186 g/mol. The van der Waals surface area contributed by atoms with Crippen molar-refractivity contribution in [3.05, 3.63) is 41.0 Å². The summed E-state index contributed by atoms with van der Waals surface area (Å²) in [4.78, 5) is 4.16. The molecule has 0 aliphatic heterocycles. The van der Waals surface area contributed by atoms with Gasteiger partial charge in [-0.15, -0.1) is 0 Å². The van der Waals surface area contributed by atoms with Crippen LogP contribution in [0.5, 0.6) is 0 Å². The van der Waals surface area contributed by atoms with Gasteiger partial charge in [-0.05, 0) is 17.7 Å². The molecule has 2 nitrogen and oxygen atoms in total. The minimum Gasteiger partial charge on any atom is -0.392 e. The highest BCUT2D eigenvalue weighted by molar-refractivity contribution is 6.35. The zero-order valence-corrected chi connectivity index (χ0v) is 7.62. The van der Waals surface area contributed by atoms with Crippen LogP contribution in [0.2, 0.25) is 5.02 Å². The van der Waals surface area contributed by atoms with Gasteiger partial charge in [0.2, 0.25) is 0 Å². The SMILES string of the molecule is OCc1cnc2c(Cl)cccc2c1. The summed E-state index contributed by atoms with van der Waals surface area (Å²) in [5, 5.41) is 10.5. The van der Waals surface area contributed by atoms with Crippen LogP contribution in [0.1, 0.15) is 5.56 Å². The van der Waals surface area contributed by atoms with Crippen LogP contribution in [0, 0.1) is 0 Å². The molecule has 1 N–H and O–H groups in total. The van der Waals surface area contributed by atoms with E-state index in [2.05, 4.69) is 4.98 Å². The van der Waals surface area contributed by atoms with Crippen molar-refractivity contribution in [3.8, 4) is 0 Å². The van der Waals surface area contributed by atoms with E-state index in [1.165, 1.54) is 0 Å². The normalized spacial score (nSPS) is 10.6. The molecule has 1 aromatic heterocycles. The average Bonchev–Trinajstić information content (AvgIpc) is 2.18. The molecule has 0 radical (unpaired) electrons. The summed E-state index contributed by atoms with van der Waals surface area (Å²) in [5.74, 6) is 0. The van der Waals surface area contributed by atoms with Crippen molar-refractivity contribution in [1.82, 2.24) is 4.98 Å². The third-order valence-corrected chi connectivity index (χ3v) is 2.21. The number of hydrogen-bond donors (Lipinski definition) is 1. The quantitative estimate of drug-likeness (QED) is 0.755. The predicted octanol–water partition coefficient (Wildman–Crippen LogP) is 2.38. The molecule has 0 unspecified atom stereocenters. The van der Waals surface area contributed by atoms with Crippen molar-refractivity contribution in [3.63, 3.8) is 0 Å². The number of fused-ring (bicyclic) bond motifs is 1. The van der Waals surface area contributed by atoms with Gasteiger partial charge in [-0.2, -0.15) is 0 Å². The predicted molar refractivity (Wildman–Crippen MR) is 52.7 cm³/mol. The molecule has 0 bridgehead atoms. The van der Waals surface area contributed by atoms with Crippen molar-refractivity contribution < 1.29 is 5.11 Å². The molecule has 1 aromatic carbocycles. The summed E-state index contributed by atoms with van der Waals surface area (Å²) in [6.07, 6.45) is 1.63. The lowest BCUT2D eigenvalue weighted by molar-refractivity contribution is 0.281. The first-order valence-electron chi connectivity index (χ1n) is 3.95. The van der Waals surface area contributed by atoms with Crippen molar-refractivity contribution in [2.24, 2.45) is 0 Å². The second-order valence-electron chi connectivity index (χ2n) is 2.81. The molecule has 3 heteroatoms. The van der Waals surface area contributed by atoms with Crippen molar-refractivity contribution >= 4 is 22.5 Å². The first-order chi connectivity index (χ1) is 6.31. The Balaban J connectivity index is 2.72. The van der Waals surface area contributed by atoms with Crippen LogP contribution in [-0.4, -0.2) is 10.1 Å². The van der Waals surface area contributed by atoms with Gasteiger partial charge in [-0.3, -0.25) is 4.98 Å². The fourth-order valence-electron chi connectivity index (χ4n) is 1.26. The molecule has 2 aromatic rings. The van der Waals surface area contributed by atoms with Gasteiger partial charge >= 0.3 is 0 Å². The zero-order chi connectivity index (χ0) is 9.26. The van der Waals surface area contributed by atoms with Crippen molar-refractivity contribution in [2.75, 3.05) is 0 Å². The first-order valence-corrected chi connectivity index (χ1v) is 4.33. The van der Waals surface area contributed by atoms with E-state index >= 15 is 0 Å². The topological polar surface area (TPSA) is 33.1 Å². The number of para-hydroxylation sites is 1. The summed E-state index contributed by atoms with van der Waals surface area (Å²) in [5.41, 5.74) is 1.58. The fourth-order valence-corrected chi connectivity index (χ4v) is 1.49. The minimum absolute atomic E-state index is 0.00938. The number of rotatable bonds is 1.